The van der Waals surface area contributed by atoms with Crippen molar-refractivity contribution < 1.29 is 23.9 Å². The second-order valence-electron chi connectivity index (χ2n) is 5.75. The fourth-order valence-corrected chi connectivity index (χ4v) is 2.42. The lowest BCUT2D eigenvalue weighted by molar-refractivity contribution is -0.120. The van der Waals surface area contributed by atoms with E-state index in [-0.39, 0.29) is 36.9 Å². The lowest BCUT2D eigenvalue weighted by Crippen LogP contribution is -2.35. The topological polar surface area (TPSA) is 95.5 Å². The molecule has 0 bridgehead atoms. The molecule has 6 nitrogen and oxygen atoms in total. The van der Waals surface area contributed by atoms with Gasteiger partial charge in [0.1, 0.15) is 5.82 Å². The number of carbonyl (C=O) groups is 3. The lowest BCUT2D eigenvalue weighted by atomic mass is 10.0. The zero-order valence-corrected chi connectivity index (χ0v) is 14.2. The van der Waals surface area contributed by atoms with E-state index in [1.165, 1.54) is 36.4 Å². The molecule has 2 amide bonds. The average Bonchev–Trinajstić information content (AvgIpc) is 2.58. The summed E-state index contributed by atoms with van der Waals surface area (Å²) in [5.74, 6) is -2.07. The van der Waals surface area contributed by atoms with Gasteiger partial charge in [0.05, 0.1) is 12.0 Å². The molecule has 2 aromatic rings. The minimum atomic E-state index is -1.05. The molecule has 0 heterocycles. The molecule has 0 aliphatic rings. The highest BCUT2D eigenvalue weighted by atomic mass is 19.1. The molecule has 2 aromatic carbocycles. The highest BCUT2D eigenvalue weighted by molar-refractivity contribution is 5.97. The van der Waals surface area contributed by atoms with Crippen molar-refractivity contribution in [2.45, 2.75) is 13.3 Å². The number of carbonyl (C=O) groups excluding carboxylic acids is 2. The van der Waals surface area contributed by atoms with E-state index in [9.17, 15) is 18.8 Å². The molecular weight excluding hydrogens is 339 g/mol. The van der Waals surface area contributed by atoms with Crippen LogP contribution in [0.5, 0.6) is 0 Å². The third kappa shape index (κ3) is 5.41. The summed E-state index contributed by atoms with van der Waals surface area (Å²) in [6, 6.07) is 10.1. The molecule has 0 atom stereocenters. The molecule has 7 heteroatoms. The molecule has 3 N–H and O–H groups in total. The van der Waals surface area contributed by atoms with Crippen LogP contribution in [0.2, 0.25) is 0 Å². The van der Waals surface area contributed by atoms with Crippen molar-refractivity contribution in [3.05, 3.63) is 70.5 Å². The Bertz CT molecular complexity index is 836. The van der Waals surface area contributed by atoms with E-state index in [2.05, 4.69) is 10.6 Å². The molecule has 0 saturated heterocycles. The Labute approximate surface area is 150 Å². The number of aromatic carboxylic acids is 1. The minimum absolute atomic E-state index is 0.0570. The molecule has 26 heavy (non-hydrogen) atoms. The van der Waals surface area contributed by atoms with Gasteiger partial charge in [-0.25, -0.2) is 9.18 Å². The van der Waals surface area contributed by atoms with E-state index < -0.39 is 11.8 Å². The summed E-state index contributed by atoms with van der Waals surface area (Å²) in [5, 5.41) is 14.2. The zero-order chi connectivity index (χ0) is 19.1. The van der Waals surface area contributed by atoms with Gasteiger partial charge in [-0.3, -0.25) is 9.59 Å². The van der Waals surface area contributed by atoms with Gasteiger partial charge in [-0.1, -0.05) is 12.1 Å². The normalized spacial score (nSPS) is 10.2. The van der Waals surface area contributed by atoms with Crippen LogP contribution in [0.25, 0.3) is 0 Å². The van der Waals surface area contributed by atoms with Crippen molar-refractivity contribution in [2.24, 2.45) is 0 Å². The molecule has 136 valence electrons. The van der Waals surface area contributed by atoms with Gasteiger partial charge in [-0.15, -0.1) is 0 Å². The highest BCUT2D eigenvalue weighted by Crippen LogP contribution is 2.11. The fraction of sp³-hybridized carbons (Fsp3) is 0.211. The zero-order valence-electron chi connectivity index (χ0n) is 14.2. The van der Waals surface area contributed by atoms with E-state index in [1.807, 2.05) is 0 Å². The SMILES string of the molecule is Cc1cc(C(=O)O)ccc1C(=O)NCCNC(=O)Cc1cccc(F)c1. The van der Waals surface area contributed by atoms with Gasteiger partial charge in [-0.05, 0) is 48.4 Å². The largest absolute Gasteiger partial charge is 0.478 e. The maximum Gasteiger partial charge on any atom is 0.335 e. The molecule has 0 unspecified atom stereocenters. The third-order valence-corrected chi connectivity index (χ3v) is 3.70. The van der Waals surface area contributed by atoms with Gasteiger partial charge < -0.3 is 15.7 Å². The molecule has 0 aliphatic carbocycles. The number of amides is 2. The van der Waals surface area contributed by atoms with Gasteiger partial charge >= 0.3 is 5.97 Å². The molecule has 0 aromatic heterocycles. The Morgan fingerprint density at radius 2 is 1.77 bits per heavy atom. The monoisotopic (exact) mass is 358 g/mol. The van der Waals surface area contributed by atoms with Crippen molar-refractivity contribution in [1.29, 1.82) is 0 Å². The van der Waals surface area contributed by atoms with E-state index >= 15 is 0 Å². The number of aryl methyl sites for hydroxylation is 1. The standard InChI is InChI=1S/C19H19FN2O4/c1-12-9-14(19(25)26)5-6-16(12)18(24)22-8-7-21-17(23)11-13-3-2-4-15(20)10-13/h2-6,9-10H,7-8,11H2,1H3,(H,21,23)(H,22,24)(H,25,26). The summed E-state index contributed by atoms with van der Waals surface area (Å²) in [5.41, 5.74) is 1.61. The second kappa shape index (κ2) is 8.75. The van der Waals surface area contributed by atoms with Crippen LogP contribution in [0.3, 0.4) is 0 Å². The number of nitrogens with one attached hydrogen (secondary N) is 2. The number of hydrogen-bond donors (Lipinski definition) is 3. The highest BCUT2D eigenvalue weighted by Gasteiger charge is 2.11. The Balaban J connectivity index is 1.78. The van der Waals surface area contributed by atoms with Crippen molar-refractivity contribution in [2.75, 3.05) is 13.1 Å². The van der Waals surface area contributed by atoms with Gasteiger partial charge in [0.15, 0.2) is 0 Å². The van der Waals surface area contributed by atoms with E-state index in [1.54, 1.807) is 13.0 Å². The fourth-order valence-electron chi connectivity index (χ4n) is 2.42. The predicted octanol–water partition coefficient (Wildman–Crippen LogP) is 1.92. The second-order valence-corrected chi connectivity index (χ2v) is 5.75. The van der Waals surface area contributed by atoms with Crippen LogP contribution >= 0.6 is 0 Å². The van der Waals surface area contributed by atoms with Crippen LogP contribution in [0, 0.1) is 12.7 Å². The molecule has 0 fully saturated rings. The van der Waals surface area contributed by atoms with Gasteiger partial charge in [0, 0.05) is 18.7 Å². The summed E-state index contributed by atoms with van der Waals surface area (Å²) >= 11 is 0. The average molecular weight is 358 g/mol. The van der Waals surface area contributed by atoms with Crippen molar-refractivity contribution >= 4 is 17.8 Å². The maximum atomic E-state index is 13.1. The number of benzene rings is 2. The first kappa shape index (κ1) is 19.1. The number of rotatable bonds is 7. The molecule has 0 radical (unpaired) electrons. The van der Waals surface area contributed by atoms with Gasteiger partial charge in [-0.2, -0.15) is 0 Å². The van der Waals surface area contributed by atoms with Crippen LogP contribution in [0.15, 0.2) is 42.5 Å². The van der Waals surface area contributed by atoms with E-state index in [4.69, 9.17) is 5.11 Å². The predicted molar refractivity (Wildman–Crippen MR) is 93.6 cm³/mol. The van der Waals surface area contributed by atoms with Crippen LogP contribution in [0.1, 0.15) is 31.8 Å². The van der Waals surface area contributed by atoms with Crippen molar-refractivity contribution in [1.82, 2.24) is 10.6 Å². The summed E-state index contributed by atoms with van der Waals surface area (Å²) < 4.78 is 13.1. The third-order valence-electron chi connectivity index (χ3n) is 3.70. The molecule has 2 rings (SSSR count). The number of carboxylic acid groups (broad SMARTS) is 1. The summed E-state index contributed by atoms with van der Waals surface area (Å²) in [4.78, 5) is 34.8. The maximum absolute atomic E-state index is 13.1. The smallest absolute Gasteiger partial charge is 0.335 e. The first-order valence-electron chi connectivity index (χ1n) is 8.00. The molecule has 0 saturated carbocycles. The first-order valence-corrected chi connectivity index (χ1v) is 8.00. The first-order chi connectivity index (χ1) is 12.4. The van der Waals surface area contributed by atoms with Crippen molar-refractivity contribution in [3.8, 4) is 0 Å². The van der Waals surface area contributed by atoms with Gasteiger partial charge in [0.2, 0.25) is 5.91 Å². The Morgan fingerprint density at radius 3 is 2.42 bits per heavy atom. The molecule has 0 aliphatic heterocycles. The van der Waals surface area contributed by atoms with Crippen LogP contribution < -0.4 is 10.6 Å². The molecular formula is C19H19FN2O4. The van der Waals surface area contributed by atoms with Crippen molar-refractivity contribution in [3.63, 3.8) is 0 Å². The summed E-state index contributed by atoms with van der Waals surface area (Å²) in [7, 11) is 0. The number of halogens is 1. The summed E-state index contributed by atoms with van der Waals surface area (Å²) in [6.45, 7) is 2.10. The molecule has 0 spiro atoms. The summed E-state index contributed by atoms with van der Waals surface area (Å²) in [6.07, 6.45) is 0.0570. The lowest BCUT2D eigenvalue weighted by Gasteiger charge is -2.09. The van der Waals surface area contributed by atoms with Crippen LogP contribution in [0.4, 0.5) is 4.39 Å². The minimum Gasteiger partial charge on any atom is -0.478 e. The van der Waals surface area contributed by atoms with Crippen LogP contribution in [-0.2, 0) is 11.2 Å². The van der Waals surface area contributed by atoms with Gasteiger partial charge in [0.25, 0.3) is 5.91 Å². The van der Waals surface area contributed by atoms with E-state index in [0.717, 1.165) is 0 Å². The Kier molecular flexibility index (Phi) is 6.43. The quantitative estimate of drug-likeness (QED) is 0.659. The number of carboxylic acids is 1. The number of hydrogen-bond acceptors (Lipinski definition) is 3. The Morgan fingerprint density at radius 1 is 1.04 bits per heavy atom. The van der Waals surface area contributed by atoms with Crippen LogP contribution in [-0.4, -0.2) is 36.0 Å². The Hall–Kier alpha value is -3.22. The van der Waals surface area contributed by atoms with E-state index in [0.29, 0.717) is 16.7 Å².